The first-order valence-electron chi connectivity index (χ1n) is 20.2. The molecule has 6 aromatic heterocycles. The lowest BCUT2D eigenvalue weighted by atomic mass is 9.96. The van der Waals surface area contributed by atoms with E-state index in [0.717, 1.165) is 55.6 Å². The average Bonchev–Trinajstić information content (AvgIpc) is 4.01. The Kier molecular flexibility index (Phi) is 15.3. The van der Waals surface area contributed by atoms with Crippen LogP contribution in [0.4, 0.5) is 9.59 Å². The maximum absolute atomic E-state index is 13.0. The molecule has 2 amide bonds. The van der Waals surface area contributed by atoms with Gasteiger partial charge < -0.3 is 33.2 Å². The Bertz CT molecular complexity index is 2450. The molecule has 2 aliphatic heterocycles. The highest BCUT2D eigenvalue weighted by atomic mass is 35.5. The number of rotatable bonds is 10. The van der Waals surface area contributed by atoms with E-state index >= 15 is 0 Å². The molecule has 19 heteroatoms. The molecule has 2 saturated heterocycles. The van der Waals surface area contributed by atoms with Crippen molar-refractivity contribution in [1.29, 1.82) is 0 Å². The third-order valence-corrected chi connectivity index (χ3v) is 12.2. The largest absolute Gasteiger partial charge is 0.478 e. The minimum atomic E-state index is -0.959. The van der Waals surface area contributed by atoms with Gasteiger partial charge in [-0.2, -0.15) is 10.2 Å². The van der Waals surface area contributed by atoms with Gasteiger partial charge in [-0.3, -0.25) is 9.89 Å². The summed E-state index contributed by atoms with van der Waals surface area (Å²) >= 11 is 15.1. The van der Waals surface area contributed by atoms with Crippen molar-refractivity contribution < 1.29 is 42.6 Å². The van der Waals surface area contributed by atoms with E-state index in [1.165, 1.54) is 52.0 Å². The van der Waals surface area contributed by atoms with Crippen LogP contribution in [-0.2, 0) is 35.2 Å². The van der Waals surface area contributed by atoms with E-state index in [2.05, 4.69) is 31.8 Å². The highest BCUT2D eigenvalue weighted by Gasteiger charge is 2.37. The van der Waals surface area contributed by atoms with Crippen LogP contribution in [0.5, 0.6) is 0 Å². The number of H-pyrrole nitrogens is 1. The van der Waals surface area contributed by atoms with Gasteiger partial charge in [0.1, 0.15) is 23.7 Å². The van der Waals surface area contributed by atoms with E-state index in [9.17, 15) is 19.2 Å². The van der Waals surface area contributed by atoms with Gasteiger partial charge in [-0.15, -0.1) is 22.7 Å². The zero-order valence-corrected chi connectivity index (χ0v) is 38.9. The fraction of sp³-hybridized carbons (Fsp3) is 0.409. The van der Waals surface area contributed by atoms with Gasteiger partial charge in [0.15, 0.2) is 0 Å². The number of ether oxygens (including phenoxy) is 2. The number of halogens is 2. The van der Waals surface area contributed by atoms with E-state index < -0.39 is 17.2 Å². The van der Waals surface area contributed by atoms with Gasteiger partial charge in [0, 0.05) is 59.2 Å². The Morgan fingerprint density at radius 1 is 0.730 bits per heavy atom. The molecule has 0 saturated carbocycles. The number of aromatic carboxylic acids is 1. The summed E-state index contributed by atoms with van der Waals surface area (Å²) in [7, 11) is 0. The summed E-state index contributed by atoms with van der Waals surface area (Å²) in [6.45, 7) is 13.5. The Morgan fingerprint density at radius 3 is 1.68 bits per heavy atom. The number of thiophene rings is 2. The normalized spacial score (nSPS) is 14.2. The number of nitrogens with zero attached hydrogens (tertiary/aromatic N) is 5. The fourth-order valence-corrected chi connectivity index (χ4v) is 8.54. The van der Waals surface area contributed by atoms with Gasteiger partial charge in [0.25, 0.3) is 5.91 Å². The summed E-state index contributed by atoms with van der Waals surface area (Å²) < 4.78 is 23.4. The van der Waals surface area contributed by atoms with Crippen LogP contribution in [0.15, 0.2) is 82.4 Å². The molecule has 0 spiro atoms. The van der Waals surface area contributed by atoms with Gasteiger partial charge in [-0.25, -0.2) is 19.1 Å². The van der Waals surface area contributed by atoms with Gasteiger partial charge in [0.2, 0.25) is 0 Å². The predicted molar refractivity (Wildman–Crippen MR) is 239 cm³/mol. The number of furan rings is 2. The molecule has 0 aliphatic carbocycles. The predicted octanol–water partition coefficient (Wildman–Crippen LogP) is 10.2. The molecule has 15 nitrogen and oxygen atoms in total. The minimum Gasteiger partial charge on any atom is -0.478 e. The van der Waals surface area contributed by atoms with Gasteiger partial charge in [-0.05, 0) is 116 Å². The summed E-state index contributed by atoms with van der Waals surface area (Å²) in [6.07, 6.45) is 8.09. The lowest BCUT2D eigenvalue weighted by molar-refractivity contribution is 0.00693. The number of hydrogen-bond donors (Lipinski definition) is 2. The molecule has 0 atom stereocenters. The number of aromatic nitrogens is 4. The van der Waals surface area contributed by atoms with Crippen molar-refractivity contribution in [2.75, 3.05) is 26.2 Å². The number of carboxylic acids is 1. The van der Waals surface area contributed by atoms with Crippen LogP contribution >= 0.6 is 45.9 Å². The number of aryl methyl sites for hydroxylation is 4. The Balaban J connectivity index is 0.000000182. The molecular weight excluding hydrogens is 892 g/mol. The molecule has 2 N–H and O–H groups in total. The fourth-order valence-electron chi connectivity index (χ4n) is 6.37. The Morgan fingerprint density at radius 2 is 1.24 bits per heavy atom. The van der Waals surface area contributed by atoms with Gasteiger partial charge >= 0.3 is 18.2 Å². The van der Waals surface area contributed by atoms with Crippen LogP contribution in [0, 0.1) is 0 Å². The van der Waals surface area contributed by atoms with Crippen LogP contribution < -0.4 is 0 Å². The molecule has 0 bridgehead atoms. The SMILES string of the molecule is CC(C)(C)OC(=O)N1CC(c2cc(CCc3ccc(Cl)s3)[nH]n2)C1.CC(C)(C)OC(=O)N1CC(c2cc(CCc3ccc(Cl)s3)n(C(=O)c3ccoc3)n2)C1.O=C(O)c1ccoc1. The molecule has 8 rings (SSSR count). The van der Waals surface area contributed by atoms with Crippen molar-refractivity contribution in [2.45, 2.75) is 90.3 Å². The zero-order valence-electron chi connectivity index (χ0n) is 35.8. The van der Waals surface area contributed by atoms with Gasteiger partial charge in [-0.1, -0.05) is 23.2 Å². The van der Waals surface area contributed by atoms with Crippen molar-refractivity contribution >= 4 is 69.9 Å². The summed E-state index contributed by atoms with van der Waals surface area (Å²) in [5, 5.41) is 20.3. The highest BCUT2D eigenvalue weighted by Crippen LogP contribution is 2.31. The minimum absolute atomic E-state index is 0.0702. The summed E-state index contributed by atoms with van der Waals surface area (Å²) in [5.74, 6) is -0.833. The van der Waals surface area contributed by atoms with Crippen LogP contribution in [-0.4, -0.2) is 96.3 Å². The first kappa shape index (κ1) is 47.1. The van der Waals surface area contributed by atoms with E-state index in [1.807, 2.05) is 65.8 Å². The number of carbonyl (C=O) groups excluding carboxylic acids is 3. The third-order valence-electron chi connectivity index (χ3n) is 9.61. The van der Waals surface area contributed by atoms with E-state index in [0.29, 0.717) is 44.1 Å². The third kappa shape index (κ3) is 13.6. The standard InChI is InChI=1S/C22H24ClN3O4S.C17H22ClN3O2S.C5H4O3/c1-22(2,3)30-21(28)25-11-15(12-25)18-10-16(4-5-17-6-7-19(23)31-17)26(24-18)20(27)14-8-9-29-13-14;1-17(2,3)23-16(22)21-9-11(10-21)14-8-12(19-20-14)4-5-13-6-7-15(18)24-13;6-5(7)4-1-2-8-3-4/h6-10,13,15H,4-5,11-12H2,1-3H3;6-8,11H,4-5,9-10H2,1-3H3,(H,19,20);1-3H,(H,6,7). The molecule has 0 radical (unpaired) electrons. The molecule has 63 heavy (non-hydrogen) atoms. The maximum atomic E-state index is 13.0. The lowest BCUT2D eigenvalue weighted by Crippen LogP contribution is -2.50. The summed E-state index contributed by atoms with van der Waals surface area (Å²) in [6, 6.07) is 14.9. The Hall–Kier alpha value is -5.36. The first-order chi connectivity index (χ1) is 29.8. The quantitative estimate of drug-likeness (QED) is 0.133. The zero-order chi connectivity index (χ0) is 45.5. The molecule has 0 unspecified atom stereocenters. The maximum Gasteiger partial charge on any atom is 0.410 e. The number of carbonyl (C=O) groups is 4. The second kappa shape index (κ2) is 20.4. The van der Waals surface area contributed by atoms with Crippen LogP contribution in [0.3, 0.4) is 0 Å². The molecule has 2 aliphatic rings. The second-order valence-corrected chi connectivity index (χ2v) is 20.6. The molecule has 8 heterocycles. The van der Waals surface area contributed by atoms with Crippen molar-refractivity contribution in [3.05, 3.63) is 126 Å². The van der Waals surface area contributed by atoms with E-state index in [4.69, 9.17) is 42.2 Å². The topological polar surface area (TPSA) is 186 Å². The number of hydrogen-bond acceptors (Lipinski definition) is 12. The lowest BCUT2D eigenvalue weighted by Gasteiger charge is -2.38. The smallest absolute Gasteiger partial charge is 0.410 e. The van der Waals surface area contributed by atoms with Crippen molar-refractivity contribution in [3.8, 4) is 0 Å². The first-order valence-corrected chi connectivity index (χ1v) is 22.6. The number of aromatic amines is 1. The van der Waals surface area contributed by atoms with Crippen LogP contribution in [0.25, 0.3) is 0 Å². The number of nitrogens with one attached hydrogen (secondary N) is 1. The molecular formula is C44H50Cl2N6O9S2. The Labute approximate surface area is 382 Å². The van der Waals surface area contributed by atoms with Crippen molar-refractivity contribution in [1.82, 2.24) is 29.8 Å². The molecule has 6 aromatic rings. The van der Waals surface area contributed by atoms with Crippen molar-refractivity contribution in [2.24, 2.45) is 0 Å². The monoisotopic (exact) mass is 940 g/mol. The highest BCUT2D eigenvalue weighted by molar-refractivity contribution is 7.16. The van der Waals surface area contributed by atoms with E-state index in [-0.39, 0.29) is 29.6 Å². The molecule has 2 fully saturated rings. The van der Waals surface area contributed by atoms with Crippen molar-refractivity contribution in [3.63, 3.8) is 0 Å². The number of carboxylic acid groups (broad SMARTS) is 1. The number of likely N-dealkylation sites (tertiary alicyclic amines) is 2. The second-order valence-electron chi connectivity index (χ2n) is 17.0. The van der Waals surface area contributed by atoms with Crippen LogP contribution in [0.1, 0.15) is 107 Å². The van der Waals surface area contributed by atoms with E-state index in [1.54, 1.807) is 27.2 Å². The number of amides is 2. The van der Waals surface area contributed by atoms with Gasteiger partial charge in [0.05, 0.1) is 43.7 Å². The summed E-state index contributed by atoms with van der Waals surface area (Å²) in [5.41, 5.74) is 3.41. The van der Waals surface area contributed by atoms with Crippen LogP contribution in [0.2, 0.25) is 8.67 Å². The molecule has 0 aromatic carbocycles. The summed E-state index contributed by atoms with van der Waals surface area (Å²) in [4.78, 5) is 52.9. The molecule has 336 valence electrons. The average molecular weight is 942 g/mol.